The van der Waals surface area contributed by atoms with Crippen LogP contribution in [-0.2, 0) is 0 Å². The summed E-state index contributed by atoms with van der Waals surface area (Å²) in [6.45, 7) is 0. The van der Waals surface area contributed by atoms with Crippen molar-refractivity contribution >= 4 is 33.3 Å². The number of anilines is 2. The lowest BCUT2D eigenvalue weighted by atomic mass is 10.2. The molecule has 0 bridgehead atoms. The van der Waals surface area contributed by atoms with Crippen molar-refractivity contribution in [2.45, 2.75) is 0 Å². The largest absolute Gasteiger partial charge is 0.372 e. The lowest BCUT2D eigenvalue weighted by molar-refractivity contribution is 0.102. The van der Waals surface area contributed by atoms with E-state index in [4.69, 9.17) is 0 Å². The standard InChI is InChI=1S/C13H9BrF3N3O/c1-18-12-8(2-6(14)5-19-12)13(21)20-7-3-9(15)11(17)10(16)4-7/h2-5H,1H3,(H,18,19)(H,20,21). The highest BCUT2D eigenvalue weighted by molar-refractivity contribution is 9.10. The van der Waals surface area contributed by atoms with Crippen LogP contribution in [0.2, 0.25) is 0 Å². The summed E-state index contributed by atoms with van der Waals surface area (Å²) in [7, 11) is 1.57. The summed E-state index contributed by atoms with van der Waals surface area (Å²) >= 11 is 3.17. The quantitative estimate of drug-likeness (QED) is 0.824. The van der Waals surface area contributed by atoms with Crippen LogP contribution < -0.4 is 10.6 Å². The summed E-state index contributed by atoms with van der Waals surface area (Å²) in [6.07, 6.45) is 1.49. The average molecular weight is 360 g/mol. The minimum absolute atomic E-state index is 0.164. The lowest BCUT2D eigenvalue weighted by Crippen LogP contribution is -2.15. The minimum atomic E-state index is -1.59. The van der Waals surface area contributed by atoms with Gasteiger partial charge in [-0.05, 0) is 22.0 Å². The number of pyridine rings is 1. The van der Waals surface area contributed by atoms with Crippen LogP contribution in [0.4, 0.5) is 24.7 Å². The van der Waals surface area contributed by atoms with Crippen LogP contribution in [0.3, 0.4) is 0 Å². The average Bonchev–Trinajstić information content (AvgIpc) is 2.44. The first-order valence-electron chi connectivity index (χ1n) is 5.71. The van der Waals surface area contributed by atoms with Gasteiger partial charge >= 0.3 is 0 Å². The monoisotopic (exact) mass is 359 g/mol. The van der Waals surface area contributed by atoms with Gasteiger partial charge in [0.15, 0.2) is 17.5 Å². The molecule has 0 aliphatic carbocycles. The zero-order chi connectivity index (χ0) is 15.6. The maximum absolute atomic E-state index is 13.1. The number of aromatic nitrogens is 1. The van der Waals surface area contributed by atoms with Gasteiger partial charge < -0.3 is 10.6 Å². The first-order chi connectivity index (χ1) is 9.92. The van der Waals surface area contributed by atoms with E-state index in [1.54, 1.807) is 7.05 Å². The van der Waals surface area contributed by atoms with Crippen molar-refractivity contribution in [1.29, 1.82) is 0 Å². The van der Waals surface area contributed by atoms with Crippen LogP contribution in [0.25, 0.3) is 0 Å². The fraction of sp³-hybridized carbons (Fsp3) is 0.0769. The number of nitrogens with zero attached hydrogens (tertiary/aromatic N) is 1. The molecule has 0 aliphatic rings. The van der Waals surface area contributed by atoms with Crippen molar-refractivity contribution in [1.82, 2.24) is 4.98 Å². The lowest BCUT2D eigenvalue weighted by Gasteiger charge is -2.10. The van der Waals surface area contributed by atoms with Gasteiger partial charge in [-0.2, -0.15) is 0 Å². The van der Waals surface area contributed by atoms with E-state index in [2.05, 4.69) is 31.5 Å². The Morgan fingerprint density at radius 2 is 1.81 bits per heavy atom. The summed E-state index contributed by atoms with van der Waals surface area (Å²) in [5.41, 5.74) is -0.0320. The summed E-state index contributed by atoms with van der Waals surface area (Å²) < 4.78 is 39.6. The normalized spacial score (nSPS) is 10.3. The maximum atomic E-state index is 13.1. The van der Waals surface area contributed by atoms with Gasteiger partial charge in [-0.25, -0.2) is 18.2 Å². The maximum Gasteiger partial charge on any atom is 0.259 e. The minimum Gasteiger partial charge on any atom is -0.372 e. The van der Waals surface area contributed by atoms with Crippen LogP contribution >= 0.6 is 15.9 Å². The Morgan fingerprint density at radius 1 is 1.19 bits per heavy atom. The van der Waals surface area contributed by atoms with Gasteiger partial charge in [0, 0.05) is 35.5 Å². The molecule has 110 valence electrons. The molecular weight excluding hydrogens is 351 g/mol. The van der Waals surface area contributed by atoms with E-state index in [0.717, 1.165) is 0 Å². The third kappa shape index (κ3) is 3.33. The molecule has 2 aromatic rings. The molecule has 1 heterocycles. The summed E-state index contributed by atoms with van der Waals surface area (Å²) in [4.78, 5) is 16.1. The van der Waals surface area contributed by atoms with Crippen molar-refractivity contribution in [3.05, 3.63) is 51.9 Å². The third-order valence-corrected chi connectivity index (χ3v) is 3.01. The van der Waals surface area contributed by atoms with E-state index in [1.807, 2.05) is 0 Å². The molecule has 8 heteroatoms. The molecule has 0 fully saturated rings. The Kier molecular flexibility index (Phi) is 4.46. The van der Waals surface area contributed by atoms with Crippen LogP contribution in [-0.4, -0.2) is 17.9 Å². The fourth-order valence-electron chi connectivity index (χ4n) is 1.64. The van der Waals surface area contributed by atoms with E-state index in [0.29, 0.717) is 22.4 Å². The number of hydrogen-bond donors (Lipinski definition) is 2. The molecule has 1 aromatic heterocycles. The number of carbonyl (C=O) groups excluding carboxylic acids is 1. The predicted molar refractivity (Wildman–Crippen MR) is 75.8 cm³/mol. The molecule has 0 saturated heterocycles. The number of carbonyl (C=O) groups is 1. The first kappa shape index (κ1) is 15.3. The van der Waals surface area contributed by atoms with Gasteiger partial charge in [0.1, 0.15) is 5.82 Å². The summed E-state index contributed by atoms with van der Waals surface area (Å²) in [6, 6.07) is 2.88. The van der Waals surface area contributed by atoms with Crippen molar-refractivity contribution in [3.63, 3.8) is 0 Å². The predicted octanol–water partition coefficient (Wildman–Crippen LogP) is 3.56. The Labute approximate surface area is 126 Å². The van der Waals surface area contributed by atoms with Crippen LogP contribution in [0.5, 0.6) is 0 Å². The van der Waals surface area contributed by atoms with Gasteiger partial charge in [0.2, 0.25) is 0 Å². The van der Waals surface area contributed by atoms with E-state index >= 15 is 0 Å². The summed E-state index contributed by atoms with van der Waals surface area (Å²) in [5, 5.41) is 5.00. The number of nitrogens with one attached hydrogen (secondary N) is 2. The second-order valence-electron chi connectivity index (χ2n) is 4.01. The smallest absolute Gasteiger partial charge is 0.259 e. The van der Waals surface area contributed by atoms with Gasteiger partial charge in [0.25, 0.3) is 5.91 Å². The van der Waals surface area contributed by atoms with Crippen molar-refractivity contribution < 1.29 is 18.0 Å². The van der Waals surface area contributed by atoms with E-state index in [9.17, 15) is 18.0 Å². The molecule has 0 aliphatic heterocycles. The van der Waals surface area contributed by atoms with Crippen molar-refractivity contribution in [3.8, 4) is 0 Å². The highest BCUT2D eigenvalue weighted by atomic mass is 79.9. The molecule has 2 rings (SSSR count). The molecule has 1 amide bonds. The Bertz CT molecular complexity index is 686. The Balaban J connectivity index is 2.32. The molecule has 21 heavy (non-hydrogen) atoms. The zero-order valence-corrected chi connectivity index (χ0v) is 12.3. The Morgan fingerprint density at radius 3 is 2.38 bits per heavy atom. The highest BCUT2D eigenvalue weighted by Gasteiger charge is 2.16. The molecule has 0 spiro atoms. The third-order valence-electron chi connectivity index (χ3n) is 2.58. The molecule has 0 saturated carbocycles. The number of halogens is 4. The first-order valence-corrected chi connectivity index (χ1v) is 6.51. The van der Waals surface area contributed by atoms with Crippen LogP contribution in [0, 0.1) is 17.5 Å². The van der Waals surface area contributed by atoms with Crippen LogP contribution in [0.15, 0.2) is 28.9 Å². The molecule has 4 nitrogen and oxygen atoms in total. The molecule has 0 atom stereocenters. The molecule has 0 unspecified atom stereocenters. The fourth-order valence-corrected chi connectivity index (χ4v) is 1.97. The molecular formula is C13H9BrF3N3O. The second-order valence-corrected chi connectivity index (χ2v) is 4.92. The summed E-state index contributed by atoms with van der Waals surface area (Å²) in [5.74, 6) is -4.71. The van der Waals surface area contributed by atoms with E-state index in [1.165, 1.54) is 12.3 Å². The molecule has 2 N–H and O–H groups in total. The number of hydrogen-bond acceptors (Lipinski definition) is 3. The van der Waals surface area contributed by atoms with Crippen molar-refractivity contribution in [2.75, 3.05) is 17.7 Å². The van der Waals surface area contributed by atoms with E-state index in [-0.39, 0.29) is 11.3 Å². The van der Waals surface area contributed by atoms with Crippen molar-refractivity contribution in [2.24, 2.45) is 0 Å². The van der Waals surface area contributed by atoms with Gasteiger partial charge in [-0.3, -0.25) is 4.79 Å². The Hall–Kier alpha value is -2.09. The molecule has 1 aromatic carbocycles. The topological polar surface area (TPSA) is 54.0 Å². The zero-order valence-electron chi connectivity index (χ0n) is 10.7. The SMILES string of the molecule is CNc1ncc(Br)cc1C(=O)Nc1cc(F)c(F)c(F)c1. The van der Waals surface area contributed by atoms with Crippen LogP contribution in [0.1, 0.15) is 10.4 Å². The number of amides is 1. The number of benzene rings is 1. The van der Waals surface area contributed by atoms with Gasteiger partial charge in [-0.15, -0.1) is 0 Å². The van der Waals surface area contributed by atoms with Gasteiger partial charge in [-0.1, -0.05) is 0 Å². The number of rotatable bonds is 3. The molecule has 0 radical (unpaired) electrons. The highest BCUT2D eigenvalue weighted by Crippen LogP contribution is 2.21. The second kappa shape index (κ2) is 6.13. The van der Waals surface area contributed by atoms with E-state index < -0.39 is 23.4 Å². The van der Waals surface area contributed by atoms with Gasteiger partial charge in [0.05, 0.1) is 5.56 Å².